The zero-order valence-electron chi connectivity index (χ0n) is 12.1. The molecule has 0 aromatic carbocycles. The molecule has 1 aliphatic heterocycles. The van der Waals surface area contributed by atoms with Crippen molar-refractivity contribution in [3.05, 3.63) is 17.0 Å². The van der Waals surface area contributed by atoms with Gasteiger partial charge in [0.1, 0.15) is 16.9 Å². The van der Waals surface area contributed by atoms with Crippen LogP contribution in [0.25, 0.3) is 0 Å². The second kappa shape index (κ2) is 5.26. The van der Waals surface area contributed by atoms with Crippen molar-refractivity contribution in [3.63, 3.8) is 0 Å². The highest BCUT2D eigenvalue weighted by atomic mass is 16.5. The molecule has 0 spiro atoms. The predicted molar refractivity (Wildman–Crippen MR) is 71.5 cm³/mol. The highest BCUT2D eigenvalue weighted by molar-refractivity contribution is 5.99. The summed E-state index contributed by atoms with van der Waals surface area (Å²) in [5, 5.41) is 13.4. The smallest absolute Gasteiger partial charge is 0.329 e. The molecule has 6 nitrogen and oxygen atoms in total. The second-order valence-corrected chi connectivity index (χ2v) is 5.16. The van der Waals surface area contributed by atoms with Crippen LogP contribution in [0, 0.1) is 6.92 Å². The zero-order valence-corrected chi connectivity index (χ0v) is 12.1. The fourth-order valence-corrected chi connectivity index (χ4v) is 2.98. The molecule has 1 N–H and O–H groups in total. The molecule has 110 valence electrons. The normalized spacial score (nSPS) is 22.2. The van der Waals surface area contributed by atoms with Crippen molar-refractivity contribution < 1.29 is 19.2 Å². The Kier molecular flexibility index (Phi) is 3.83. The minimum absolute atomic E-state index is 0.276. The van der Waals surface area contributed by atoms with Crippen molar-refractivity contribution >= 4 is 11.9 Å². The molecule has 1 aliphatic rings. The third kappa shape index (κ3) is 1.99. The summed E-state index contributed by atoms with van der Waals surface area (Å²) in [5.41, 5.74) is -0.0745. The van der Waals surface area contributed by atoms with Gasteiger partial charge in [0.05, 0.1) is 5.69 Å². The van der Waals surface area contributed by atoms with Gasteiger partial charge in [0, 0.05) is 6.54 Å². The van der Waals surface area contributed by atoms with Crippen LogP contribution in [0.2, 0.25) is 0 Å². The van der Waals surface area contributed by atoms with E-state index in [2.05, 4.69) is 5.16 Å². The second-order valence-electron chi connectivity index (χ2n) is 5.16. The number of likely N-dealkylation sites (tertiary alicyclic amines) is 1. The lowest BCUT2D eigenvalue weighted by Gasteiger charge is -2.33. The predicted octanol–water partition coefficient (Wildman–Crippen LogP) is 2.01. The summed E-state index contributed by atoms with van der Waals surface area (Å²) >= 11 is 0. The van der Waals surface area contributed by atoms with E-state index in [0.29, 0.717) is 49.2 Å². The van der Waals surface area contributed by atoms with Gasteiger partial charge < -0.3 is 14.5 Å². The summed E-state index contributed by atoms with van der Waals surface area (Å²) in [6, 6.07) is 0. The van der Waals surface area contributed by atoms with Crippen LogP contribution < -0.4 is 0 Å². The van der Waals surface area contributed by atoms with Crippen LogP contribution in [0.5, 0.6) is 0 Å². The first kappa shape index (κ1) is 14.6. The first-order valence-electron chi connectivity index (χ1n) is 6.98. The van der Waals surface area contributed by atoms with Crippen molar-refractivity contribution in [2.24, 2.45) is 0 Å². The van der Waals surface area contributed by atoms with E-state index < -0.39 is 11.5 Å². The highest BCUT2D eigenvalue weighted by Gasteiger charge is 2.49. The van der Waals surface area contributed by atoms with E-state index in [-0.39, 0.29) is 5.91 Å². The van der Waals surface area contributed by atoms with Gasteiger partial charge in [-0.3, -0.25) is 4.79 Å². The minimum Gasteiger partial charge on any atom is -0.479 e. The number of carboxylic acids is 1. The monoisotopic (exact) mass is 280 g/mol. The highest BCUT2D eigenvalue weighted by Crippen LogP contribution is 2.35. The average Bonchev–Trinajstić information content (AvgIpc) is 3.01. The minimum atomic E-state index is -1.09. The number of hydrogen-bond donors (Lipinski definition) is 1. The number of amides is 1. The number of aromatic nitrogens is 1. The summed E-state index contributed by atoms with van der Waals surface area (Å²) in [4.78, 5) is 25.9. The molecule has 2 rings (SSSR count). The summed E-state index contributed by atoms with van der Waals surface area (Å²) in [5.74, 6) is -0.755. The van der Waals surface area contributed by atoms with E-state index in [1.54, 1.807) is 13.8 Å². The van der Waals surface area contributed by atoms with Gasteiger partial charge in [-0.2, -0.15) is 0 Å². The van der Waals surface area contributed by atoms with Crippen LogP contribution in [0.3, 0.4) is 0 Å². The molecule has 1 amide bonds. The van der Waals surface area contributed by atoms with Crippen molar-refractivity contribution in [2.75, 3.05) is 6.54 Å². The van der Waals surface area contributed by atoms with Gasteiger partial charge in [-0.25, -0.2) is 4.79 Å². The van der Waals surface area contributed by atoms with Crippen LogP contribution in [0.15, 0.2) is 4.52 Å². The molecule has 1 atom stereocenters. The lowest BCUT2D eigenvalue weighted by atomic mass is 9.92. The topological polar surface area (TPSA) is 83.6 Å². The van der Waals surface area contributed by atoms with Crippen LogP contribution in [0.1, 0.15) is 54.9 Å². The molecule has 0 bridgehead atoms. The molecule has 0 aliphatic carbocycles. The molecule has 1 aromatic rings. The van der Waals surface area contributed by atoms with Gasteiger partial charge in [-0.15, -0.1) is 0 Å². The summed E-state index contributed by atoms with van der Waals surface area (Å²) in [6.45, 7) is 5.85. The Labute approximate surface area is 117 Å². The first-order chi connectivity index (χ1) is 9.47. The maximum Gasteiger partial charge on any atom is 0.329 e. The molecule has 2 heterocycles. The number of nitrogens with zero attached hydrogens (tertiary/aromatic N) is 2. The fraction of sp³-hybridized carbons (Fsp3) is 0.643. The molecule has 1 aromatic heterocycles. The van der Waals surface area contributed by atoms with Crippen LogP contribution in [0.4, 0.5) is 0 Å². The number of rotatable bonds is 4. The van der Waals surface area contributed by atoms with Crippen LogP contribution >= 0.6 is 0 Å². The van der Waals surface area contributed by atoms with E-state index in [1.807, 2.05) is 6.92 Å². The van der Waals surface area contributed by atoms with E-state index in [1.165, 1.54) is 4.90 Å². The van der Waals surface area contributed by atoms with Crippen molar-refractivity contribution in [1.82, 2.24) is 10.1 Å². The molecular formula is C14H20N2O4. The van der Waals surface area contributed by atoms with Gasteiger partial charge in [-0.1, -0.05) is 19.0 Å². The average molecular weight is 280 g/mol. The van der Waals surface area contributed by atoms with Crippen molar-refractivity contribution in [3.8, 4) is 0 Å². The Morgan fingerprint density at radius 1 is 1.45 bits per heavy atom. The largest absolute Gasteiger partial charge is 0.479 e. The zero-order chi connectivity index (χ0) is 14.9. The Morgan fingerprint density at radius 2 is 2.15 bits per heavy atom. The Morgan fingerprint density at radius 3 is 2.70 bits per heavy atom. The maximum atomic E-state index is 12.8. The fourth-order valence-electron chi connectivity index (χ4n) is 2.98. The van der Waals surface area contributed by atoms with E-state index in [9.17, 15) is 14.7 Å². The Bertz CT molecular complexity index is 537. The molecule has 0 radical (unpaired) electrons. The standard InChI is InChI=1S/C14H20N2O4/c1-4-10-11(9(3)20-15-10)12(17)16-8-6-7-14(16,5-2)13(18)19/h4-8H2,1-3H3,(H,18,19). The number of carbonyl (C=O) groups excluding carboxylic acids is 1. The van der Waals surface area contributed by atoms with E-state index in [0.717, 1.165) is 0 Å². The van der Waals surface area contributed by atoms with E-state index >= 15 is 0 Å². The first-order valence-corrected chi connectivity index (χ1v) is 6.98. The number of hydrogen-bond acceptors (Lipinski definition) is 4. The van der Waals surface area contributed by atoms with Crippen LogP contribution in [-0.2, 0) is 11.2 Å². The van der Waals surface area contributed by atoms with Gasteiger partial charge >= 0.3 is 5.97 Å². The third-order valence-corrected chi connectivity index (χ3v) is 4.20. The molecule has 1 unspecified atom stereocenters. The number of carboxylic acid groups (broad SMARTS) is 1. The molecule has 0 saturated carbocycles. The quantitative estimate of drug-likeness (QED) is 0.912. The Balaban J connectivity index is 2.42. The van der Waals surface area contributed by atoms with Crippen LogP contribution in [-0.4, -0.2) is 39.1 Å². The molecule has 1 fully saturated rings. The number of aliphatic carboxylic acids is 1. The SMILES string of the molecule is CCc1noc(C)c1C(=O)N1CCCC1(CC)C(=O)O. The van der Waals surface area contributed by atoms with E-state index in [4.69, 9.17) is 4.52 Å². The molecule has 1 saturated heterocycles. The summed E-state index contributed by atoms with van der Waals surface area (Å²) in [6.07, 6.45) is 2.19. The number of aryl methyl sites for hydroxylation is 2. The summed E-state index contributed by atoms with van der Waals surface area (Å²) in [7, 11) is 0. The Hall–Kier alpha value is -1.85. The number of carbonyl (C=O) groups is 2. The van der Waals surface area contributed by atoms with Gasteiger partial charge in [0.15, 0.2) is 0 Å². The molecule has 6 heteroatoms. The van der Waals surface area contributed by atoms with Gasteiger partial charge in [0.2, 0.25) is 0 Å². The third-order valence-electron chi connectivity index (χ3n) is 4.20. The lowest BCUT2D eigenvalue weighted by molar-refractivity contribution is -0.148. The van der Waals surface area contributed by atoms with Crippen molar-refractivity contribution in [2.45, 2.75) is 52.0 Å². The summed E-state index contributed by atoms with van der Waals surface area (Å²) < 4.78 is 5.08. The van der Waals surface area contributed by atoms with Gasteiger partial charge in [-0.05, 0) is 32.6 Å². The molecule has 20 heavy (non-hydrogen) atoms. The van der Waals surface area contributed by atoms with Crippen molar-refractivity contribution in [1.29, 1.82) is 0 Å². The maximum absolute atomic E-state index is 12.8. The lowest BCUT2D eigenvalue weighted by Crippen LogP contribution is -2.52. The van der Waals surface area contributed by atoms with Gasteiger partial charge in [0.25, 0.3) is 5.91 Å². The molecular weight excluding hydrogens is 260 g/mol.